The Labute approximate surface area is 87.9 Å². The first-order chi connectivity index (χ1) is 6.74. The minimum absolute atomic E-state index is 1.20. The Hall–Kier alpha value is -0.760. The Morgan fingerprint density at radius 1 is 1.21 bits per heavy atom. The van der Waals surface area contributed by atoms with Gasteiger partial charge in [0, 0.05) is 26.3 Å². The van der Waals surface area contributed by atoms with Crippen LogP contribution < -0.4 is 0 Å². The molecule has 0 aliphatic carbocycles. The second-order valence-corrected chi connectivity index (χ2v) is 3.96. The van der Waals surface area contributed by atoms with Crippen LogP contribution in [0.3, 0.4) is 0 Å². The summed E-state index contributed by atoms with van der Waals surface area (Å²) in [6.07, 6.45) is 10.5. The number of hydrogen-bond acceptors (Lipinski definition) is 2. The molecule has 2 heteroatoms. The molecular formula is C12H22N2. The lowest BCUT2D eigenvalue weighted by Crippen LogP contribution is -2.40. The molecule has 0 atom stereocenters. The van der Waals surface area contributed by atoms with Crippen molar-refractivity contribution in [3.8, 4) is 0 Å². The summed E-state index contributed by atoms with van der Waals surface area (Å²) in [4.78, 5) is 0. The van der Waals surface area contributed by atoms with Gasteiger partial charge in [-0.3, -0.25) is 0 Å². The minimum atomic E-state index is 1.20. The highest BCUT2D eigenvalue weighted by Crippen LogP contribution is 2.11. The predicted octanol–water partition coefficient (Wildman–Crippen LogP) is 2.80. The van der Waals surface area contributed by atoms with E-state index in [1.807, 2.05) is 0 Å². The van der Waals surface area contributed by atoms with E-state index in [1.54, 1.807) is 0 Å². The zero-order valence-corrected chi connectivity index (χ0v) is 9.66. The lowest BCUT2D eigenvalue weighted by Gasteiger charge is -2.34. The summed E-state index contributed by atoms with van der Waals surface area (Å²) in [6, 6.07) is 0. The predicted molar refractivity (Wildman–Crippen MR) is 61.8 cm³/mol. The van der Waals surface area contributed by atoms with E-state index >= 15 is 0 Å². The first-order valence-corrected chi connectivity index (χ1v) is 5.53. The van der Waals surface area contributed by atoms with Crippen LogP contribution in [-0.2, 0) is 0 Å². The van der Waals surface area contributed by atoms with Crippen molar-refractivity contribution in [2.75, 3.05) is 20.1 Å². The molecule has 0 N–H and O–H groups in total. The normalized spacial score (nSPS) is 20.4. The van der Waals surface area contributed by atoms with Crippen LogP contribution in [0.4, 0.5) is 0 Å². The Morgan fingerprint density at radius 3 is 2.43 bits per heavy atom. The maximum absolute atomic E-state index is 2.41. The lowest BCUT2D eigenvalue weighted by atomic mass is 10.2. The van der Waals surface area contributed by atoms with Crippen molar-refractivity contribution < 1.29 is 0 Å². The van der Waals surface area contributed by atoms with Crippen LogP contribution in [0.15, 0.2) is 23.9 Å². The molecule has 0 bridgehead atoms. The fraction of sp³-hybridized carbons (Fsp3) is 0.667. The van der Waals surface area contributed by atoms with Gasteiger partial charge in [0.05, 0.1) is 0 Å². The Kier molecular flexibility index (Phi) is 4.74. The molecule has 0 aromatic heterocycles. The number of rotatable bonds is 3. The second kappa shape index (κ2) is 5.86. The van der Waals surface area contributed by atoms with E-state index in [2.05, 4.69) is 49.3 Å². The molecule has 1 aliphatic heterocycles. The van der Waals surface area contributed by atoms with Crippen LogP contribution in [0, 0.1) is 0 Å². The van der Waals surface area contributed by atoms with E-state index < -0.39 is 0 Å². The summed E-state index contributed by atoms with van der Waals surface area (Å²) in [6.45, 7) is 6.60. The molecule has 0 spiro atoms. The summed E-state index contributed by atoms with van der Waals surface area (Å²) < 4.78 is 0. The summed E-state index contributed by atoms with van der Waals surface area (Å²) in [7, 11) is 2.14. The van der Waals surface area contributed by atoms with E-state index in [4.69, 9.17) is 0 Å². The highest BCUT2D eigenvalue weighted by atomic mass is 15.6. The van der Waals surface area contributed by atoms with Gasteiger partial charge in [-0.25, -0.2) is 5.01 Å². The second-order valence-electron chi connectivity index (χ2n) is 3.96. The molecule has 80 valence electrons. The standard InChI is InChI=1S/C12H22N2/c1-4-8-12(2)11-13(3)14-9-6-5-7-10-14/h4,8,11H,5-7,9-10H2,1-3H3/b8-4-,12-11-. The lowest BCUT2D eigenvalue weighted by molar-refractivity contribution is 0.0267. The molecule has 0 amide bonds. The van der Waals surface area contributed by atoms with Crippen LogP contribution in [0.25, 0.3) is 0 Å². The van der Waals surface area contributed by atoms with Gasteiger partial charge in [-0.1, -0.05) is 18.6 Å². The van der Waals surface area contributed by atoms with Crippen molar-refractivity contribution in [3.63, 3.8) is 0 Å². The Balaban J connectivity index is 2.46. The fourth-order valence-corrected chi connectivity index (χ4v) is 1.87. The van der Waals surface area contributed by atoms with Gasteiger partial charge in [0.2, 0.25) is 0 Å². The van der Waals surface area contributed by atoms with Crippen LogP contribution in [0.2, 0.25) is 0 Å². The van der Waals surface area contributed by atoms with Gasteiger partial charge < -0.3 is 5.01 Å². The molecule has 14 heavy (non-hydrogen) atoms. The van der Waals surface area contributed by atoms with E-state index in [-0.39, 0.29) is 0 Å². The number of allylic oxidation sites excluding steroid dienone is 3. The zero-order chi connectivity index (χ0) is 10.4. The number of hydrazine groups is 1. The van der Waals surface area contributed by atoms with E-state index in [0.717, 1.165) is 0 Å². The average Bonchev–Trinajstić information content (AvgIpc) is 2.19. The third kappa shape index (κ3) is 3.54. The molecule has 2 nitrogen and oxygen atoms in total. The molecule has 0 aromatic rings. The number of piperidine rings is 1. The van der Waals surface area contributed by atoms with Gasteiger partial charge in [-0.2, -0.15) is 0 Å². The van der Waals surface area contributed by atoms with Crippen molar-refractivity contribution in [1.82, 2.24) is 10.0 Å². The molecule has 0 aromatic carbocycles. The first kappa shape index (κ1) is 11.3. The molecule has 0 saturated carbocycles. The Bertz CT molecular complexity index is 212. The fourth-order valence-electron chi connectivity index (χ4n) is 1.87. The van der Waals surface area contributed by atoms with Gasteiger partial charge >= 0.3 is 0 Å². The van der Waals surface area contributed by atoms with Crippen LogP contribution >= 0.6 is 0 Å². The molecule has 1 heterocycles. The molecule has 0 unspecified atom stereocenters. The SMILES string of the molecule is C/C=C\C(C)=C/N(C)N1CCCCC1. The summed E-state index contributed by atoms with van der Waals surface area (Å²) in [5.74, 6) is 0. The maximum Gasteiger partial charge on any atom is 0.0228 e. The summed E-state index contributed by atoms with van der Waals surface area (Å²) >= 11 is 0. The topological polar surface area (TPSA) is 6.48 Å². The number of nitrogens with zero attached hydrogens (tertiary/aromatic N) is 2. The summed E-state index contributed by atoms with van der Waals surface area (Å²) in [5, 5.41) is 4.64. The molecule has 1 aliphatic rings. The van der Waals surface area contributed by atoms with E-state index in [9.17, 15) is 0 Å². The molecule has 1 fully saturated rings. The largest absolute Gasteiger partial charge is 0.316 e. The van der Waals surface area contributed by atoms with E-state index in [0.29, 0.717) is 0 Å². The first-order valence-electron chi connectivity index (χ1n) is 5.53. The monoisotopic (exact) mass is 194 g/mol. The molecular weight excluding hydrogens is 172 g/mol. The smallest absolute Gasteiger partial charge is 0.0228 e. The van der Waals surface area contributed by atoms with Crippen LogP contribution in [-0.4, -0.2) is 30.2 Å². The quantitative estimate of drug-likeness (QED) is 0.637. The van der Waals surface area contributed by atoms with Gasteiger partial charge in [-0.05, 0) is 32.3 Å². The van der Waals surface area contributed by atoms with Crippen molar-refractivity contribution >= 4 is 0 Å². The third-order valence-corrected chi connectivity index (χ3v) is 2.60. The van der Waals surface area contributed by atoms with Gasteiger partial charge in [-0.15, -0.1) is 0 Å². The maximum atomic E-state index is 2.41. The molecule has 1 saturated heterocycles. The van der Waals surface area contributed by atoms with Crippen molar-refractivity contribution in [1.29, 1.82) is 0 Å². The number of hydrogen-bond donors (Lipinski definition) is 0. The zero-order valence-electron chi connectivity index (χ0n) is 9.66. The molecule has 1 rings (SSSR count). The average molecular weight is 194 g/mol. The highest BCUT2D eigenvalue weighted by Gasteiger charge is 2.11. The van der Waals surface area contributed by atoms with Crippen molar-refractivity contribution in [2.45, 2.75) is 33.1 Å². The van der Waals surface area contributed by atoms with Crippen LogP contribution in [0.5, 0.6) is 0 Å². The van der Waals surface area contributed by atoms with Gasteiger partial charge in [0.15, 0.2) is 0 Å². The van der Waals surface area contributed by atoms with Gasteiger partial charge in [0.1, 0.15) is 0 Å². The van der Waals surface area contributed by atoms with Crippen LogP contribution in [0.1, 0.15) is 33.1 Å². The summed E-state index contributed by atoms with van der Waals surface area (Å²) in [5.41, 5.74) is 1.31. The highest BCUT2D eigenvalue weighted by molar-refractivity contribution is 5.14. The molecule has 0 radical (unpaired) electrons. The third-order valence-electron chi connectivity index (χ3n) is 2.60. The van der Waals surface area contributed by atoms with Crippen molar-refractivity contribution in [3.05, 3.63) is 23.9 Å². The Morgan fingerprint density at radius 2 is 1.86 bits per heavy atom. The van der Waals surface area contributed by atoms with E-state index in [1.165, 1.54) is 37.9 Å². The minimum Gasteiger partial charge on any atom is -0.316 e. The van der Waals surface area contributed by atoms with Gasteiger partial charge in [0.25, 0.3) is 0 Å². The van der Waals surface area contributed by atoms with Crippen molar-refractivity contribution in [2.24, 2.45) is 0 Å².